The number of carbonyl (C=O) groups excluding carboxylic acids is 2. The van der Waals surface area contributed by atoms with Crippen molar-refractivity contribution in [2.75, 3.05) is 18.4 Å². The Balaban J connectivity index is 1.67. The Morgan fingerprint density at radius 3 is 2.81 bits per heavy atom. The third-order valence-corrected chi connectivity index (χ3v) is 4.21. The standard InChI is InChI=1S/C16H21N3O2/c1-16(7-8-17-10-16)15(21)19-13-4-2-3-11(9-13)14(20)18-12-5-6-12/h2-4,9,12,17H,5-8,10H2,1H3,(H,18,20)(H,19,21). The molecule has 1 aliphatic carbocycles. The largest absolute Gasteiger partial charge is 0.349 e. The Morgan fingerprint density at radius 2 is 2.14 bits per heavy atom. The summed E-state index contributed by atoms with van der Waals surface area (Å²) in [4.78, 5) is 24.4. The van der Waals surface area contributed by atoms with Gasteiger partial charge in [-0.05, 0) is 50.9 Å². The van der Waals surface area contributed by atoms with Crippen LogP contribution in [0.5, 0.6) is 0 Å². The van der Waals surface area contributed by atoms with Crippen molar-refractivity contribution in [3.05, 3.63) is 29.8 Å². The SMILES string of the molecule is CC1(C(=O)Nc2cccc(C(=O)NC3CC3)c2)CCNC1. The van der Waals surface area contributed by atoms with E-state index in [1.165, 1.54) is 0 Å². The van der Waals surface area contributed by atoms with Crippen LogP contribution in [0.15, 0.2) is 24.3 Å². The molecule has 3 N–H and O–H groups in total. The fourth-order valence-electron chi connectivity index (χ4n) is 2.53. The lowest BCUT2D eigenvalue weighted by molar-refractivity contribution is -0.123. The summed E-state index contributed by atoms with van der Waals surface area (Å²) in [6, 6.07) is 7.46. The predicted octanol–water partition coefficient (Wildman–Crippen LogP) is 1.52. The second-order valence-electron chi connectivity index (χ2n) is 6.27. The molecule has 1 heterocycles. The van der Waals surface area contributed by atoms with E-state index in [9.17, 15) is 9.59 Å². The molecule has 1 aliphatic heterocycles. The van der Waals surface area contributed by atoms with Gasteiger partial charge in [0.05, 0.1) is 5.41 Å². The fraction of sp³-hybridized carbons (Fsp3) is 0.500. The average molecular weight is 287 g/mol. The summed E-state index contributed by atoms with van der Waals surface area (Å²) in [5, 5.41) is 9.09. The Labute approximate surface area is 124 Å². The third-order valence-electron chi connectivity index (χ3n) is 4.21. The van der Waals surface area contributed by atoms with E-state index in [0.717, 1.165) is 25.8 Å². The molecule has 2 fully saturated rings. The van der Waals surface area contributed by atoms with Crippen LogP contribution in [0.1, 0.15) is 36.5 Å². The zero-order valence-electron chi connectivity index (χ0n) is 12.2. The highest BCUT2D eigenvalue weighted by Gasteiger charge is 2.36. The van der Waals surface area contributed by atoms with E-state index in [-0.39, 0.29) is 17.2 Å². The zero-order chi connectivity index (χ0) is 14.9. The van der Waals surface area contributed by atoms with Crippen LogP contribution in [0, 0.1) is 5.41 Å². The van der Waals surface area contributed by atoms with Gasteiger partial charge in [-0.1, -0.05) is 6.07 Å². The fourth-order valence-corrected chi connectivity index (χ4v) is 2.53. The van der Waals surface area contributed by atoms with Crippen LogP contribution in [0.25, 0.3) is 0 Å². The summed E-state index contributed by atoms with van der Waals surface area (Å²) in [5.41, 5.74) is 0.901. The summed E-state index contributed by atoms with van der Waals surface area (Å²) < 4.78 is 0. The minimum atomic E-state index is -0.369. The lowest BCUT2D eigenvalue weighted by atomic mass is 9.88. The van der Waals surface area contributed by atoms with Gasteiger partial charge in [0.1, 0.15) is 0 Å². The molecular weight excluding hydrogens is 266 g/mol. The van der Waals surface area contributed by atoms with Gasteiger partial charge in [0.15, 0.2) is 0 Å². The first-order valence-electron chi connectivity index (χ1n) is 7.50. The van der Waals surface area contributed by atoms with Crippen LogP contribution in [-0.2, 0) is 4.79 Å². The highest BCUT2D eigenvalue weighted by atomic mass is 16.2. The number of carbonyl (C=O) groups is 2. The first-order valence-corrected chi connectivity index (χ1v) is 7.50. The van der Waals surface area contributed by atoms with Crippen LogP contribution < -0.4 is 16.0 Å². The Hall–Kier alpha value is -1.88. The molecule has 0 radical (unpaired) electrons. The van der Waals surface area contributed by atoms with Crippen molar-refractivity contribution >= 4 is 17.5 Å². The van der Waals surface area contributed by atoms with Gasteiger partial charge in [-0.2, -0.15) is 0 Å². The summed E-state index contributed by atoms with van der Waals surface area (Å²) in [7, 11) is 0. The van der Waals surface area contributed by atoms with Gasteiger partial charge in [-0.15, -0.1) is 0 Å². The molecule has 21 heavy (non-hydrogen) atoms. The van der Waals surface area contributed by atoms with E-state index in [1.54, 1.807) is 18.2 Å². The number of anilines is 1. The van der Waals surface area contributed by atoms with Crippen LogP contribution in [0.4, 0.5) is 5.69 Å². The molecule has 1 aromatic rings. The van der Waals surface area contributed by atoms with E-state index >= 15 is 0 Å². The van der Waals surface area contributed by atoms with Crippen molar-refractivity contribution in [1.82, 2.24) is 10.6 Å². The summed E-state index contributed by atoms with van der Waals surface area (Å²) in [5.74, 6) is -0.0606. The second kappa shape index (κ2) is 5.48. The predicted molar refractivity (Wildman–Crippen MR) is 81.2 cm³/mol. The lowest BCUT2D eigenvalue weighted by Gasteiger charge is -2.21. The summed E-state index contributed by atoms with van der Waals surface area (Å²) in [6.45, 7) is 3.53. The van der Waals surface area contributed by atoms with Gasteiger partial charge in [0.2, 0.25) is 5.91 Å². The smallest absolute Gasteiger partial charge is 0.251 e. The molecule has 1 saturated heterocycles. The molecule has 0 aromatic heterocycles. The maximum atomic E-state index is 12.4. The number of benzene rings is 1. The molecular formula is C16H21N3O2. The monoisotopic (exact) mass is 287 g/mol. The second-order valence-corrected chi connectivity index (χ2v) is 6.27. The molecule has 5 heteroatoms. The Morgan fingerprint density at radius 1 is 1.33 bits per heavy atom. The van der Waals surface area contributed by atoms with E-state index in [4.69, 9.17) is 0 Å². The maximum Gasteiger partial charge on any atom is 0.251 e. The molecule has 112 valence electrons. The molecule has 1 unspecified atom stereocenters. The van der Waals surface area contributed by atoms with Crippen molar-refractivity contribution in [2.45, 2.75) is 32.2 Å². The quantitative estimate of drug-likeness (QED) is 0.786. The van der Waals surface area contributed by atoms with Gasteiger partial charge >= 0.3 is 0 Å². The molecule has 3 rings (SSSR count). The Kier molecular flexibility index (Phi) is 3.68. The molecule has 5 nitrogen and oxygen atoms in total. The summed E-state index contributed by atoms with van der Waals surface area (Å²) >= 11 is 0. The van der Waals surface area contributed by atoms with Crippen molar-refractivity contribution in [3.63, 3.8) is 0 Å². The number of rotatable bonds is 4. The average Bonchev–Trinajstić information content (AvgIpc) is 3.17. The van der Waals surface area contributed by atoms with Crippen molar-refractivity contribution in [2.24, 2.45) is 5.41 Å². The minimum Gasteiger partial charge on any atom is -0.349 e. The molecule has 0 spiro atoms. The minimum absolute atomic E-state index is 0.00671. The van der Waals surface area contributed by atoms with E-state index in [1.807, 2.05) is 13.0 Å². The van der Waals surface area contributed by atoms with Crippen LogP contribution >= 0.6 is 0 Å². The molecule has 0 bridgehead atoms. The molecule has 1 saturated carbocycles. The maximum absolute atomic E-state index is 12.4. The number of hydrogen-bond donors (Lipinski definition) is 3. The number of hydrogen-bond acceptors (Lipinski definition) is 3. The first-order chi connectivity index (χ1) is 10.1. The van der Waals surface area contributed by atoms with E-state index in [2.05, 4.69) is 16.0 Å². The van der Waals surface area contributed by atoms with Crippen molar-refractivity contribution < 1.29 is 9.59 Å². The highest BCUT2D eigenvalue weighted by Crippen LogP contribution is 2.26. The van der Waals surface area contributed by atoms with Crippen molar-refractivity contribution in [1.29, 1.82) is 0 Å². The number of amides is 2. The van der Waals surface area contributed by atoms with E-state index in [0.29, 0.717) is 23.8 Å². The molecule has 2 aliphatic rings. The van der Waals surface area contributed by atoms with Gasteiger partial charge in [-0.25, -0.2) is 0 Å². The zero-order valence-corrected chi connectivity index (χ0v) is 12.2. The van der Waals surface area contributed by atoms with Gasteiger partial charge in [0.25, 0.3) is 5.91 Å². The first kappa shape index (κ1) is 14.1. The van der Waals surface area contributed by atoms with Gasteiger partial charge in [-0.3, -0.25) is 9.59 Å². The topological polar surface area (TPSA) is 70.2 Å². The van der Waals surface area contributed by atoms with Gasteiger partial charge < -0.3 is 16.0 Å². The molecule has 1 aromatic carbocycles. The van der Waals surface area contributed by atoms with Crippen molar-refractivity contribution in [3.8, 4) is 0 Å². The normalized spacial score (nSPS) is 24.6. The summed E-state index contributed by atoms with van der Waals surface area (Å²) in [6.07, 6.45) is 2.96. The van der Waals surface area contributed by atoms with Crippen LogP contribution in [0.3, 0.4) is 0 Å². The number of nitrogens with one attached hydrogen (secondary N) is 3. The molecule has 1 atom stereocenters. The highest BCUT2D eigenvalue weighted by molar-refractivity contribution is 5.99. The van der Waals surface area contributed by atoms with E-state index < -0.39 is 0 Å². The molecule has 2 amide bonds. The Bertz CT molecular complexity index is 560. The van der Waals surface area contributed by atoms with Crippen LogP contribution in [-0.4, -0.2) is 30.9 Å². The lowest BCUT2D eigenvalue weighted by Crippen LogP contribution is -2.35. The van der Waals surface area contributed by atoms with Gasteiger partial charge in [0, 0.05) is 23.8 Å². The van der Waals surface area contributed by atoms with Crippen LogP contribution in [0.2, 0.25) is 0 Å². The third kappa shape index (κ3) is 3.24.